The highest BCUT2D eigenvalue weighted by atomic mass is 16.3. The van der Waals surface area contributed by atoms with Crippen LogP contribution in [0.1, 0.15) is 53.2 Å². The lowest BCUT2D eigenvalue weighted by Crippen LogP contribution is -2.42. The number of hydrogen-bond acceptors (Lipinski definition) is 3. The molecular weight excluding hydrogens is 340 g/mol. The normalized spacial score (nSPS) is 16.6. The number of benzene rings is 1. The number of fused-ring (bicyclic) bond motifs is 2. The molecule has 0 N–H and O–H groups in total. The summed E-state index contributed by atoms with van der Waals surface area (Å²) in [4.78, 5) is 27.7. The van der Waals surface area contributed by atoms with Gasteiger partial charge in [0.15, 0.2) is 11.2 Å². The van der Waals surface area contributed by atoms with Crippen molar-refractivity contribution in [2.75, 3.05) is 6.54 Å². The van der Waals surface area contributed by atoms with E-state index >= 15 is 0 Å². The minimum Gasteiger partial charge on any atom is -0.451 e. The van der Waals surface area contributed by atoms with Crippen LogP contribution in [0.5, 0.6) is 0 Å². The standard InChI is InChI=1S/C22H24N2O3/c1-4-6-18-17-7-5-8-23(17)9-10-24(18)22(26)21-13-19(25)16-11-14(2)15(3)12-20(16)27-21/h5,7-8,11-13,18H,4,6,9-10H2,1-3H3. The smallest absolute Gasteiger partial charge is 0.290 e. The summed E-state index contributed by atoms with van der Waals surface area (Å²) in [5.74, 6) is -0.0880. The van der Waals surface area contributed by atoms with E-state index in [1.807, 2.05) is 36.9 Å². The molecule has 0 saturated carbocycles. The molecule has 5 nitrogen and oxygen atoms in total. The highest BCUT2D eigenvalue weighted by Gasteiger charge is 2.32. The number of carbonyl (C=O) groups excluding carboxylic acids is 1. The lowest BCUT2D eigenvalue weighted by atomic mass is 10.0. The van der Waals surface area contributed by atoms with Gasteiger partial charge >= 0.3 is 0 Å². The molecule has 3 aromatic rings. The first-order valence-electron chi connectivity index (χ1n) is 9.50. The van der Waals surface area contributed by atoms with Gasteiger partial charge in [-0.05, 0) is 55.7 Å². The minimum absolute atomic E-state index is 0.00648. The summed E-state index contributed by atoms with van der Waals surface area (Å²) in [5.41, 5.74) is 3.52. The molecular formula is C22H24N2O3. The molecule has 1 amide bonds. The van der Waals surface area contributed by atoms with Crippen LogP contribution in [-0.2, 0) is 6.54 Å². The van der Waals surface area contributed by atoms with Crippen LogP contribution in [0.15, 0.2) is 45.7 Å². The Hall–Kier alpha value is -2.82. The fraction of sp³-hybridized carbons (Fsp3) is 0.364. The number of hydrogen-bond donors (Lipinski definition) is 0. The Morgan fingerprint density at radius 1 is 1.19 bits per heavy atom. The van der Waals surface area contributed by atoms with E-state index in [4.69, 9.17) is 4.42 Å². The first-order valence-corrected chi connectivity index (χ1v) is 9.50. The Kier molecular flexibility index (Phi) is 4.38. The summed E-state index contributed by atoms with van der Waals surface area (Å²) in [5, 5.41) is 0.521. The van der Waals surface area contributed by atoms with Crippen LogP contribution in [0.25, 0.3) is 11.0 Å². The maximum atomic E-state index is 13.2. The second kappa shape index (κ2) is 6.72. The van der Waals surface area contributed by atoms with E-state index in [1.165, 1.54) is 6.07 Å². The van der Waals surface area contributed by atoms with Gasteiger partial charge in [0.2, 0.25) is 0 Å². The van der Waals surface area contributed by atoms with Gasteiger partial charge in [0.1, 0.15) is 5.58 Å². The van der Waals surface area contributed by atoms with Gasteiger partial charge in [-0.1, -0.05) is 13.3 Å². The third kappa shape index (κ3) is 2.97. The van der Waals surface area contributed by atoms with E-state index < -0.39 is 0 Å². The Bertz CT molecular complexity index is 1080. The van der Waals surface area contributed by atoms with E-state index in [1.54, 1.807) is 0 Å². The Labute approximate surface area is 158 Å². The van der Waals surface area contributed by atoms with E-state index in [9.17, 15) is 9.59 Å². The van der Waals surface area contributed by atoms with Crippen LogP contribution in [0.4, 0.5) is 0 Å². The zero-order valence-corrected chi connectivity index (χ0v) is 16.0. The van der Waals surface area contributed by atoms with Gasteiger partial charge in [0.05, 0.1) is 11.4 Å². The van der Waals surface area contributed by atoms with E-state index in [0.717, 1.165) is 36.2 Å². The molecule has 1 unspecified atom stereocenters. The molecule has 0 aliphatic carbocycles. The van der Waals surface area contributed by atoms with Crippen molar-refractivity contribution in [1.29, 1.82) is 0 Å². The van der Waals surface area contributed by atoms with Crippen molar-refractivity contribution in [3.8, 4) is 0 Å². The molecule has 140 valence electrons. The zero-order valence-electron chi connectivity index (χ0n) is 16.0. The first-order chi connectivity index (χ1) is 13.0. The third-order valence-electron chi connectivity index (χ3n) is 5.54. The van der Waals surface area contributed by atoms with E-state index in [-0.39, 0.29) is 23.1 Å². The summed E-state index contributed by atoms with van der Waals surface area (Å²) in [6, 6.07) is 9.12. The summed E-state index contributed by atoms with van der Waals surface area (Å²) in [7, 11) is 0. The number of amides is 1. The molecule has 0 radical (unpaired) electrons. The van der Waals surface area contributed by atoms with Crippen LogP contribution >= 0.6 is 0 Å². The number of nitrogens with zero attached hydrogens (tertiary/aromatic N) is 2. The van der Waals surface area contributed by atoms with Gasteiger partial charge in [-0.3, -0.25) is 9.59 Å². The van der Waals surface area contributed by atoms with E-state index in [2.05, 4.69) is 23.8 Å². The Morgan fingerprint density at radius 3 is 2.74 bits per heavy atom. The average molecular weight is 364 g/mol. The second-order valence-electron chi connectivity index (χ2n) is 7.34. The number of aryl methyl sites for hydroxylation is 2. The van der Waals surface area contributed by atoms with Gasteiger partial charge in [-0.25, -0.2) is 0 Å². The van der Waals surface area contributed by atoms with Crippen molar-refractivity contribution in [1.82, 2.24) is 9.47 Å². The predicted octanol–water partition coefficient (Wildman–Crippen LogP) is 4.21. The molecule has 1 atom stereocenters. The molecule has 2 aromatic heterocycles. The quantitative estimate of drug-likeness (QED) is 0.700. The molecule has 1 aliphatic rings. The van der Waals surface area contributed by atoms with Crippen molar-refractivity contribution < 1.29 is 9.21 Å². The van der Waals surface area contributed by atoms with Gasteiger partial charge in [0.25, 0.3) is 5.91 Å². The lowest BCUT2D eigenvalue weighted by molar-refractivity contribution is 0.0579. The van der Waals surface area contributed by atoms with Gasteiger partial charge in [0, 0.05) is 31.0 Å². The van der Waals surface area contributed by atoms with Crippen LogP contribution < -0.4 is 5.43 Å². The molecule has 4 rings (SSSR count). The zero-order chi connectivity index (χ0) is 19.1. The molecule has 27 heavy (non-hydrogen) atoms. The Balaban J connectivity index is 1.76. The van der Waals surface area contributed by atoms with Crippen LogP contribution in [0.3, 0.4) is 0 Å². The van der Waals surface area contributed by atoms with E-state index in [0.29, 0.717) is 17.5 Å². The monoisotopic (exact) mass is 364 g/mol. The first kappa shape index (κ1) is 17.6. The maximum Gasteiger partial charge on any atom is 0.290 e. The third-order valence-corrected chi connectivity index (χ3v) is 5.54. The molecule has 0 saturated heterocycles. The van der Waals surface area contributed by atoms with Crippen molar-refractivity contribution in [2.24, 2.45) is 0 Å². The maximum absolute atomic E-state index is 13.2. The largest absolute Gasteiger partial charge is 0.451 e. The minimum atomic E-state index is -0.210. The summed E-state index contributed by atoms with van der Waals surface area (Å²) in [6.07, 6.45) is 3.91. The molecule has 1 aliphatic heterocycles. The van der Waals surface area contributed by atoms with Crippen molar-refractivity contribution >= 4 is 16.9 Å². The number of rotatable bonds is 3. The predicted molar refractivity (Wildman–Crippen MR) is 105 cm³/mol. The highest BCUT2D eigenvalue weighted by Crippen LogP contribution is 2.31. The molecule has 0 bridgehead atoms. The summed E-state index contributed by atoms with van der Waals surface area (Å²) in [6.45, 7) is 7.42. The van der Waals surface area contributed by atoms with Crippen molar-refractivity contribution in [3.05, 3.63) is 69.3 Å². The molecule has 0 fully saturated rings. The van der Waals surface area contributed by atoms with Gasteiger partial charge in [-0.2, -0.15) is 0 Å². The Morgan fingerprint density at radius 2 is 1.96 bits per heavy atom. The van der Waals surface area contributed by atoms with Gasteiger partial charge in [-0.15, -0.1) is 0 Å². The SMILES string of the molecule is CCCC1c2cccn2CCN1C(=O)c1cc(=O)c2cc(C)c(C)cc2o1. The van der Waals surface area contributed by atoms with Crippen LogP contribution in [0.2, 0.25) is 0 Å². The molecule has 1 aromatic carbocycles. The topological polar surface area (TPSA) is 55.5 Å². The summed E-state index contributed by atoms with van der Waals surface area (Å²) < 4.78 is 8.09. The number of aromatic nitrogens is 1. The van der Waals surface area contributed by atoms with Gasteiger partial charge < -0.3 is 13.9 Å². The molecule has 5 heteroatoms. The van der Waals surface area contributed by atoms with Crippen molar-refractivity contribution in [3.63, 3.8) is 0 Å². The summed E-state index contributed by atoms with van der Waals surface area (Å²) >= 11 is 0. The van der Waals surface area contributed by atoms with Crippen LogP contribution in [0, 0.1) is 13.8 Å². The fourth-order valence-corrected chi connectivity index (χ4v) is 3.94. The average Bonchev–Trinajstić information content (AvgIpc) is 3.12. The molecule has 0 spiro atoms. The molecule has 3 heterocycles. The van der Waals surface area contributed by atoms with Crippen LogP contribution in [-0.4, -0.2) is 21.9 Å². The fourth-order valence-electron chi connectivity index (χ4n) is 3.94. The highest BCUT2D eigenvalue weighted by molar-refractivity contribution is 5.93. The lowest BCUT2D eigenvalue weighted by Gasteiger charge is -2.36. The second-order valence-corrected chi connectivity index (χ2v) is 7.34. The van der Waals surface area contributed by atoms with Crippen molar-refractivity contribution in [2.45, 2.75) is 46.2 Å². The number of carbonyl (C=O) groups is 1.